The van der Waals surface area contributed by atoms with E-state index in [1.807, 2.05) is 26.0 Å². The summed E-state index contributed by atoms with van der Waals surface area (Å²) < 4.78 is 0. The average Bonchev–Trinajstić information content (AvgIpc) is 2.75. The van der Waals surface area contributed by atoms with Gasteiger partial charge in [-0.2, -0.15) is 0 Å². The van der Waals surface area contributed by atoms with Crippen LogP contribution in [-0.4, -0.2) is 30.4 Å². The number of barbiturate groups is 1. The summed E-state index contributed by atoms with van der Waals surface area (Å²) in [5, 5.41) is 2.32. The molecule has 1 N–H and O–H groups in total. The van der Waals surface area contributed by atoms with E-state index < -0.39 is 17.8 Å². The first-order valence-corrected chi connectivity index (χ1v) is 11.4. The van der Waals surface area contributed by atoms with Gasteiger partial charge in [0, 0.05) is 18.3 Å². The van der Waals surface area contributed by atoms with Crippen molar-refractivity contribution >= 4 is 35.3 Å². The van der Waals surface area contributed by atoms with Crippen LogP contribution in [-0.2, 0) is 16.0 Å². The fraction of sp³-hybridized carbons (Fsp3) is 0.370. The molecule has 4 rings (SSSR count). The summed E-state index contributed by atoms with van der Waals surface area (Å²) in [6.07, 6.45) is 3.47. The molecule has 0 saturated carbocycles. The van der Waals surface area contributed by atoms with Crippen molar-refractivity contribution in [3.8, 4) is 0 Å². The number of carbonyl (C=O) groups is 3. The van der Waals surface area contributed by atoms with Crippen LogP contribution in [0.1, 0.15) is 62.3 Å². The predicted molar refractivity (Wildman–Crippen MR) is 132 cm³/mol. The minimum absolute atomic E-state index is 0.0469. The van der Waals surface area contributed by atoms with E-state index in [-0.39, 0.29) is 11.1 Å². The number of hydrogen-bond acceptors (Lipinski definition) is 4. The lowest BCUT2D eigenvalue weighted by Crippen LogP contribution is -2.54. The lowest BCUT2D eigenvalue weighted by Gasteiger charge is -2.45. The molecule has 0 unspecified atom stereocenters. The van der Waals surface area contributed by atoms with E-state index in [9.17, 15) is 14.4 Å². The van der Waals surface area contributed by atoms with Crippen molar-refractivity contribution in [2.75, 3.05) is 16.8 Å². The number of benzene rings is 2. The molecular formula is C27H31N3O3. The second-order valence-corrected chi connectivity index (χ2v) is 9.72. The number of imide groups is 2. The number of amides is 4. The second-order valence-electron chi connectivity index (χ2n) is 9.72. The summed E-state index contributed by atoms with van der Waals surface area (Å²) in [5.74, 6) is -0.943. The summed E-state index contributed by atoms with van der Waals surface area (Å²) in [4.78, 5) is 41.7. The van der Waals surface area contributed by atoms with E-state index in [0.717, 1.165) is 34.4 Å². The highest BCUT2D eigenvalue weighted by Gasteiger charge is 2.38. The van der Waals surface area contributed by atoms with Gasteiger partial charge in [-0.3, -0.25) is 14.9 Å². The Morgan fingerprint density at radius 1 is 1.12 bits per heavy atom. The summed E-state index contributed by atoms with van der Waals surface area (Å²) in [5.41, 5.74) is 5.68. The van der Waals surface area contributed by atoms with Crippen molar-refractivity contribution in [3.05, 3.63) is 64.2 Å². The first kappa shape index (κ1) is 22.8. The Morgan fingerprint density at radius 3 is 2.42 bits per heavy atom. The lowest BCUT2D eigenvalue weighted by molar-refractivity contribution is -0.122. The normalized spacial score (nSPS) is 21.3. The Hall–Kier alpha value is -3.41. The molecule has 2 heterocycles. The molecule has 0 bridgehead atoms. The van der Waals surface area contributed by atoms with Crippen LogP contribution in [0.15, 0.2) is 42.0 Å². The van der Waals surface area contributed by atoms with Gasteiger partial charge in [-0.15, -0.1) is 0 Å². The molecule has 172 valence electrons. The molecule has 6 nitrogen and oxygen atoms in total. The highest BCUT2D eigenvalue weighted by molar-refractivity contribution is 6.39. The number of hydrogen-bond donors (Lipinski definition) is 1. The molecule has 0 radical (unpaired) electrons. The van der Waals surface area contributed by atoms with Gasteiger partial charge in [0.2, 0.25) is 0 Å². The number of fused-ring (bicyclic) bond motifs is 1. The van der Waals surface area contributed by atoms with Crippen LogP contribution < -0.4 is 15.1 Å². The molecule has 2 aromatic carbocycles. The molecule has 0 spiro atoms. The van der Waals surface area contributed by atoms with Gasteiger partial charge in [0.1, 0.15) is 5.57 Å². The van der Waals surface area contributed by atoms with Crippen LogP contribution in [0.5, 0.6) is 0 Å². The first-order valence-electron chi connectivity index (χ1n) is 11.4. The van der Waals surface area contributed by atoms with Gasteiger partial charge in [-0.05, 0) is 92.1 Å². The van der Waals surface area contributed by atoms with E-state index in [0.29, 0.717) is 11.6 Å². The van der Waals surface area contributed by atoms with Gasteiger partial charge in [0.05, 0.1) is 5.69 Å². The molecule has 2 aliphatic heterocycles. The molecular weight excluding hydrogens is 414 g/mol. The zero-order chi connectivity index (χ0) is 24.1. The number of aryl methyl sites for hydroxylation is 2. The average molecular weight is 446 g/mol. The van der Waals surface area contributed by atoms with E-state index in [4.69, 9.17) is 0 Å². The number of urea groups is 1. The number of rotatable bonds is 3. The van der Waals surface area contributed by atoms with E-state index in [2.05, 4.69) is 50.2 Å². The molecule has 2 aromatic rings. The zero-order valence-corrected chi connectivity index (χ0v) is 20.2. The van der Waals surface area contributed by atoms with Gasteiger partial charge >= 0.3 is 6.03 Å². The van der Waals surface area contributed by atoms with Gasteiger partial charge < -0.3 is 4.90 Å². The van der Waals surface area contributed by atoms with Crippen molar-refractivity contribution in [2.24, 2.45) is 0 Å². The predicted octanol–water partition coefficient (Wildman–Crippen LogP) is 4.95. The molecule has 33 heavy (non-hydrogen) atoms. The van der Waals surface area contributed by atoms with Gasteiger partial charge in [0.15, 0.2) is 0 Å². The molecule has 1 saturated heterocycles. The van der Waals surface area contributed by atoms with E-state index >= 15 is 0 Å². The largest absolute Gasteiger partial charge is 0.369 e. The van der Waals surface area contributed by atoms with Crippen molar-refractivity contribution in [1.82, 2.24) is 5.32 Å². The first-order chi connectivity index (χ1) is 15.5. The standard InChI is InChI=1S/C27H31N3O3/c1-7-18-8-10-20(11-9-18)30-25(32)22(24(31)28-26(30)33)14-19-13-21-17(3)15-27(4,5)29(6)23(21)12-16(19)2/h8-14,17H,7,15H2,1-6H3,(H,28,31,33)/b22-14+/t17-/m0/s1. The topological polar surface area (TPSA) is 69.7 Å². The molecule has 4 amide bonds. The van der Waals surface area contributed by atoms with Gasteiger partial charge in [-0.25, -0.2) is 9.69 Å². The quantitative estimate of drug-likeness (QED) is 0.536. The van der Waals surface area contributed by atoms with Crippen molar-refractivity contribution < 1.29 is 14.4 Å². The monoisotopic (exact) mass is 445 g/mol. The Kier molecular flexibility index (Phi) is 5.64. The Bertz CT molecular complexity index is 1180. The summed E-state index contributed by atoms with van der Waals surface area (Å²) in [7, 11) is 2.10. The SMILES string of the molecule is CCc1ccc(N2C(=O)NC(=O)/C(=C\c3cc4c(cc3C)N(C)C(C)(C)C[C@@H]4C)C2=O)cc1. The molecule has 0 aromatic heterocycles. The Morgan fingerprint density at radius 2 is 1.79 bits per heavy atom. The zero-order valence-electron chi connectivity index (χ0n) is 20.2. The fourth-order valence-corrected chi connectivity index (χ4v) is 4.82. The third kappa shape index (κ3) is 3.94. The molecule has 0 aliphatic carbocycles. The number of anilines is 2. The summed E-state index contributed by atoms with van der Waals surface area (Å²) >= 11 is 0. The van der Waals surface area contributed by atoms with Crippen molar-refractivity contribution in [1.29, 1.82) is 0 Å². The van der Waals surface area contributed by atoms with Crippen LogP contribution in [0.3, 0.4) is 0 Å². The minimum atomic E-state index is -0.731. The highest BCUT2D eigenvalue weighted by Crippen LogP contribution is 2.43. The fourth-order valence-electron chi connectivity index (χ4n) is 4.82. The smallest absolute Gasteiger partial charge is 0.335 e. The van der Waals surface area contributed by atoms with E-state index in [1.54, 1.807) is 18.2 Å². The lowest BCUT2D eigenvalue weighted by atomic mass is 9.79. The van der Waals surface area contributed by atoms with Crippen LogP contribution in [0.4, 0.5) is 16.2 Å². The highest BCUT2D eigenvalue weighted by atomic mass is 16.2. The van der Waals surface area contributed by atoms with Gasteiger partial charge in [-0.1, -0.05) is 26.0 Å². The molecule has 2 aliphatic rings. The Balaban J connectivity index is 1.75. The maximum atomic E-state index is 13.3. The van der Waals surface area contributed by atoms with E-state index in [1.165, 1.54) is 11.3 Å². The van der Waals surface area contributed by atoms with Crippen LogP contribution >= 0.6 is 0 Å². The molecule has 1 atom stereocenters. The van der Waals surface area contributed by atoms with Crippen molar-refractivity contribution in [2.45, 2.75) is 58.9 Å². The maximum absolute atomic E-state index is 13.3. The molecule has 1 fully saturated rings. The van der Waals surface area contributed by atoms with Crippen LogP contribution in [0.2, 0.25) is 0 Å². The Labute approximate surface area is 195 Å². The second kappa shape index (κ2) is 8.18. The van der Waals surface area contributed by atoms with Gasteiger partial charge in [0.25, 0.3) is 11.8 Å². The number of nitrogens with zero attached hydrogens (tertiary/aromatic N) is 2. The summed E-state index contributed by atoms with van der Waals surface area (Å²) in [6.45, 7) is 10.7. The third-order valence-electron chi connectivity index (χ3n) is 7.03. The van der Waals surface area contributed by atoms with Crippen LogP contribution in [0.25, 0.3) is 6.08 Å². The number of carbonyl (C=O) groups excluding carboxylic acids is 3. The molecule has 6 heteroatoms. The maximum Gasteiger partial charge on any atom is 0.335 e. The van der Waals surface area contributed by atoms with Crippen LogP contribution in [0, 0.1) is 6.92 Å². The minimum Gasteiger partial charge on any atom is -0.369 e. The summed E-state index contributed by atoms with van der Waals surface area (Å²) in [6, 6.07) is 10.7. The van der Waals surface area contributed by atoms with Crippen molar-refractivity contribution in [3.63, 3.8) is 0 Å². The number of nitrogens with one attached hydrogen (secondary N) is 1. The third-order valence-corrected chi connectivity index (χ3v) is 7.03.